The van der Waals surface area contributed by atoms with Crippen molar-refractivity contribution in [2.45, 2.75) is 319 Å². The maximum Gasteiger partial charge on any atom is 0.481 e. The molecule has 0 aliphatic carbocycles. The number of carboxylic acids is 2. The predicted molar refractivity (Wildman–Crippen MR) is 424 cm³/mol. The molecule has 52 atom stereocenters. The summed E-state index contributed by atoms with van der Waals surface area (Å²) in [5.41, 5.74) is 10.8. The number of phosphoric acid groups is 4. The van der Waals surface area contributed by atoms with Gasteiger partial charge < -0.3 is 280 Å². The van der Waals surface area contributed by atoms with E-state index in [0.717, 1.165) is 6.92 Å². The van der Waals surface area contributed by atoms with Crippen molar-refractivity contribution in [2.75, 3.05) is 85.8 Å². The summed E-state index contributed by atoms with van der Waals surface area (Å²) < 4.78 is 181. The van der Waals surface area contributed by atoms with Crippen molar-refractivity contribution in [3.8, 4) is 0 Å². The minimum absolute atomic E-state index is 0.600. The molecule has 3 unspecified atom stereocenters. The van der Waals surface area contributed by atoms with Crippen molar-refractivity contribution in [1.82, 2.24) is 5.32 Å². The highest BCUT2D eigenvalue weighted by Crippen LogP contribution is 2.62. The average molecular weight is 2160 g/mol. The predicted octanol–water partition coefficient (Wildman–Crippen LogP) is -22.9. The maximum atomic E-state index is 13.9. The molecule has 41 N–H and O–H groups in total. The lowest BCUT2D eigenvalue weighted by Gasteiger charge is -2.53. The third kappa shape index (κ3) is 28.9. The van der Waals surface area contributed by atoms with Crippen molar-refractivity contribution in [3.05, 3.63) is 0 Å². The SMILES string of the molecule is CC(=O)N[C@H]1[C@H]([C@H](O)[C@H](O)CO)O[C@@](O[C@H]2[C@@H](O)[C@@H](CO)O[C@@H](O[C@H]3[C@H](O)[C@@H](O)[C@H](O[C@@H]4[C@H](O)[C@@H](O[C@@H]5[C@@H](O[C@@H]6[C@H](O)[C@@H](O[C@H]7[C@@H]([C@H](O)CO)O[C@@](O)(C(=O)O)C[C@H]7OP(=O)(O)OP(=O)(O)OCCN)O[C@H]([C@@H](O)CO)[C@H]6O[C@@H]6O[C@H](CO)[C@@H](O)[C@H](O)[C@H]6O)O[C@H]([C@H](CO)OP(=O)(O)OCCN)[C@@H](O)[C@@H]5O[C@H]5O[C@H](COP(=O)(O)O)[C@@H](O)[C@H](O)[C@H]5O)O[C@H]([C@@H](O)CO)[C@H]4O)O[C@@H]3CO)[C@@H]2O)(C(=O)O)C[C@@H]1O. The molecule has 9 aliphatic heterocycles. The lowest BCUT2D eigenvalue weighted by Crippen LogP contribution is -2.71. The summed E-state index contributed by atoms with van der Waals surface area (Å²) >= 11 is 0. The van der Waals surface area contributed by atoms with Crippen LogP contribution in [0.4, 0.5) is 0 Å². The number of phosphoric ester groups is 4. The van der Waals surface area contributed by atoms with Crippen LogP contribution in [0.3, 0.4) is 0 Å². The molecule has 0 radical (unpaired) electrons. The quantitative estimate of drug-likeness (QED) is 0.0252. The van der Waals surface area contributed by atoms with Gasteiger partial charge in [0, 0.05) is 32.9 Å². The molecule has 9 aliphatic rings. The Morgan fingerprint density at radius 1 is 0.404 bits per heavy atom. The molecule has 824 valence electrons. The van der Waals surface area contributed by atoms with E-state index in [4.69, 9.17) is 106 Å². The van der Waals surface area contributed by atoms with Crippen LogP contribution in [-0.2, 0) is 140 Å². The molecule has 0 aromatic heterocycles. The maximum absolute atomic E-state index is 13.9. The fraction of sp³-hybridized carbons (Fsp3) is 0.956. The van der Waals surface area contributed by atoms with Crippen LogP contribution in [0.25, 0.3) is 0 Å². The number of ether oxygens (including phenoxy) is 17. The zero-order valence-electron chi connectivity index (χ0n) is 73.0. The van der Waals surface area contributed by atoms with Gasteiger partial charge in [-0.3, -0.25) is 27.4 Å². The van der Waals surface area contributed by atoms with Gasteiger partial charge in [0.2, 0.25) is 5.91 Å². The molecule has 9 fully saturated rings. The van der Waals surface area contributed by atoms with Crippen LogP contribution in [0, 0.1) is 0 Å². The molecule has 1 amide bonds. The fourth-order valence-corrected chi connectivity index (χ4v) is 19.9. The summed E-state index contributed by atoms with van der Waals surface area (Å²) in [6.45, 7) is -15.9. The normalized spacial score (nSPS) is 44.3. The van der Waals surface area contributed by atoms with E-state index in [1.54, 1.807) is 0 Å². The molecular formula is C68H121N3O66P4. The average Bonchev–Trinajstić information content (AvgIpc) is 0.748. The number of aliphatic carboxylic acids is 2. The molecule has 0 aromatic carbocycles. The largest absolute Gasteiger partial charge is 0.481 e. The van der Waals surface area contributed by atoms with E-state index in [-0.39, 0.29) is 0 Å². The summed E-state index contributed by atoms with van der Waals surface area (Å²) in [6.07, 6.45) is -128. The number of nitrogens with two attached hydrogens (primary N) is 2. The van der Waals surface area contributed by atoms with E-state index in [1.807, 2.05) is 0 Å². The third-order valence-corrected chi connectivity index (χ3v) is 27.6. The molecule has 0 saturated carbocycles. The number of rotatable bonds is 48. The zero-order valence-corrected chi connectivity index (χ0v) is 76.6. The smallest absolute Gasteiger partial charge is 0.477 e. The second-order valence-electron chi connectivity index (χ2n) is 33.3. The Hall–Kier alpha value is -3.03. The Morgan fingerprint density at radius 2 is 0.837 bits per heavy atom. The first-order valence-electron chi connectivity index (χ1n) is 42.5. The Balaban J connectivity index is 1.19. The highest BCUT2D eigenvalue weighted by molar-refractivity contribution is 7.61. The van der Waals surface area contributed by atoms with Crippen LogP contribution in [-0.4, -0.2) is 586 Å². The standard InChI is InChI=1S/C68H121N3O66P4/c1-17(80)71-29-18(81)6-68(66(103)104,133-51(29)30(86)19(82)8-72)134-53-33(89)25(13-77)119-61(43(53)99)124-48-26(14-78)120-60(39(95)36(48)92)127-52-40(96)45(20(83)9-73)122-62(42(52)98)131-57-54(128-59-38(94)35(91)32(88)28(121-59)16-117-138(106,107)108)41(97)49(27(15-79)136-139(109,110)115-4-2-69)125-64(57)129-55-44(100)63(123-46(21(84)10-74)56(55)130-58-37(93)34(90)31(87)24(12-76)118-58)126-50-23(135-141(113,114)137-140(111,112)116-5-3-70)7-67(105,65(101)102)132-47(50)22(85)11-75/h18-64,72-79,81-100,105H,2-16,69-70H2,1H3,(H,71,80)(H,101,102)(H,103,104)(H,109,110)(H,111,112)(H,113,114)(H2,106,107,108)/t18-,19+,20-,21-,22+,23+,24+,25+,26+,27-,28+,29+,30+,31+,32+,33-,34-,35-,36+,37+,38+,39+,40+,41+,42-,43+,44-,45+,46+,47+,48+,49+,50+,51+,52-,53-,54-,55+,56+,57-,58-,59+,60-,61-,62+,63+,64+,67+,68-/m0/s1. The summed E-state index contributed by atoms with van der Waals surface area (Å²) in [5, 5.41) is 354. The minimum Gasteiger partial charge on any atom is -0.477 e. The lowest BCUT2D eigenvalue weighted by atomic mass is 9.88. The monoisotopic (exact) mass is 2160 g/mol. The first-order chi connectivity index (χ1) is 65.8. The van der Waals surface area contributed by atoms with Gasteiger partial charge in [-0.15, -0.1) is 0 Å². The highest BCUT2D eigenvalue weighted by Gasteiger charge is 2.67. The summed E-state index contributed by atoms with van der Waals surface area (Å²) in [5.74, 6) is -12.9. The first kappa shape index (κ1) is 121. The minimum atomic E-state index is -6.47. The Kier molecular flexibility index (Phi) is 44.3. The molecule has 9 rings (SSSR count). The van der Waals surface area contributed by atoms with Gasteiger partial charge in [-0.2, -0.15) is 4.31 Å². The highest BCUT2D eigenvalue weighted by atomic mass is 31.3. The van der Waals surface area contributed by atoms with Crippen molar-refractivity contribution in [2.24, 2.45) is 11.5 Å². The van der Waals surface area contributed by atoms with Crippen LogP contribution < -0.4 is 16.8 Å². The van der Waals surface area contributed by atoms with E-state index in [1.165, 1.54) is 0 Å². The third-order valence-electron chi connectivity index (χ3n) is 23.4. The lowest BCUT2D eigenvalue weighted by molar-refractivity contribution is -0.425. The van der Waals surface area contributed by atoms with Crippen LogP contribution in [0.1, 0.15) is 19.8 Å². The van der Waals surface area contributed by atoms with Crippen LogP contribution in [0.5, 0.6) is 0 Å². The number of amides is 1. The topological polar surface area (TPSA) is 1120 Å². The zero-order chi connectivity index (χ0) is 105. The van der Waals surface area contributed by atoms with E-state index in [9.17, 15) is 215 Å². The van der Waals surface area contributed by atoms with Crippen LogP contribution >= 0.6 is 31.3 Å². The molecule has 0 spiro atoms. The second kappa shape index (κ2) is 51.4. The number of nitrogens with one attached hydrogen (secondary N) is 1. The molecule has 0 aromatic rings. The van der Waals surface area contributed by atoms with E-state index in [2.05, 4.69) is 18.7 Å². The number of carboxylic acid groups (broad SMARTS) is 2. The van der Waals surface area contributed by atoms with Crippen LogP contribution in [0.15, 0.2) is 0 Å². The van der Waals surface area contributed by atoms with Gasteiger partial charge in [0.25, 0.3) is 11.6 Å². The summed E-state index contributed by atoms with van der Waals surface area (Å²) in [6, 6.07) is -1.82. The van der Waals surface area contributed by atoms with Gasteiger partial charge in [0.15, 0.2) is 44.0 Å². The molecule has 9 heterocycles. The molecule has 73 heteroatoms. The number of hydrogen-bond acceptors (Lipinski definition) is 61. The van der Waals surface area contributed by atoms with Gasteiger partial charge in [-0.1, -0.05) is 0 Å². The van der Waals surface area contributed by atoms with Gasteiger partial charge in [0.05, 0.1) is 84.8 Å². The van der Waals surface area contributed by atoms with E-state index >= 15 is 0 Å². The second-order valence-corrected chi connectivity index (χ2v) is 38.9. The first-order valence-corrected chi connectivity index (χ1v) is 48.5. The van der Waals surface area contributed by atoms with Crippen molar-refractivity contribution in [3.63, 3.8) is 0 Å². The van der Waals surface area contributed by atoms with E-state index in [0.29, 0.717) is 0 Å². The van der Waals surface area contributed by atoms with Gasteiger partial charge in [0.1, 0.15) is 232 Å². The summed E-state index contributed by atoms with van der Waals surface area (Å²) in [4.78, 5) is 90.5. The number of hydrogen-bond donors (Lipinski definition) is 39. The van der Waals surface area contributed by atoms with Gasteiger partial charge in [-0.25, -0.2) is 27.8 Å². The number of carbonyl (C=O) groups excluding carboxylic acids is 1. The Morgan fingerprint density at radius 3 is 1.36 bits per heavy atom. The van der Waals surface area contributed by atoms with Gasteiger partial charge >= 0.3 is 43.2 Å². The van der Waals surface area contributed by atoms with Crippen molar-refractivity contribution in [1.29, 1.82) is 0 Å². The number of carbonyl (C=O) groups is 3. The molecule has 0 bridgehead atoms. The van der Waals surface area contributed by atoms with Crippen LogP contribution in [0.2, 0.25) is 0 Å². The van der Waals surface area contributed by atoms with Gasteiger partial charge in [-0.05, 0) is 0 Å². The number of aliphatic hydroxyl groups excluding tert-OH is 28. The molecular weight excluding hydrogens is 2040 g/mol. The molecule has 141 heavy (non-hydrogen) atoms. The van der Waals surface area contributed by atoms with Crippen molar-refractivity contribution < 1.29 is 323 Å². The summed E-state index contributed by atoms with van der Waals surface area (Å²) in [7, 11) is -23.9. The molecule has 69 nitrogen and oxygen atoms in total. The Bertz CT molecular complexity index is 4120. The Labute approximate surface area is 791 Å². The molecule has 9 saturated heterocycles. The number of aliphatic hydroxyl groups is 29. The van der Waals surface area contributed by atoms with Crippen molar-refractivity contribution >= 4 is 49.1 Å². The van der Waals surface area contributed by atoms with E-state index < -0.39 is 447 Å². The fourth-order valence-electron chi connectivity index (χ4n) is 16.3.